The predicted molar refractivity (Wildman–Crippen MR) is 72.4 cm³/mol. The van der Waals surface area contributed by atoms with Gasteiger partial charge in [-0.3, -0.25) is 14.9 Å². The number of alkyl halides is 1. The number of carbonyl (C=O) groups is 2. The number of hydrogen-bond acceptors (Lipinski definition) is 7. The van der Waals surface area contributed by atoms with Gasteiger partial charge in [0.05, 0.1) is 23.7 Å². The van der Waals surface area contributed by atoms with Gasteiger partial charge in [0, 0.05) is 12.5 Å². The Morgan fingerprint density at radius 3 is 2.42 bits per heavy atom. The van der Waals surface area contributed by atoms with E-state index in [4.69, 9.17) is 5.11 Å². The van der Waals surface area contributed by atoms with Crippen molar-refractivity contribution in [2.24, 2.45) is 5.92 Å². The molecule has 1 aliphatic carbocycles. The minimum atomic E-state index is -1.68. The molecule has 0 heterocycles. The smallest absolute Gasteiger partial charge is 0.240 e. The Hall–Kier alpha value is -0.330. The first-order valence-corrected chi connectivity index (χ1v) is 7.18. The van der Waals surface area contributed by atoms with E-state index in [0.717, 1.165) is 0 Å². The number of hydrogen-bond donors (Lipinski definition) is 6. The van der Waals surface area contributed by atoms with Gasteiger partial charge in [-0.25, -0.2) is 0 Å². The van der Waals surface area contributed by atoms with Crippen LogP contribution in [0.5, 0.6) is 0 Å². The fraction of sp³-hybridized carbons (Fsp3) is 0.800. The third-order valence-corrected chi connectivity index (χ3v) is 3.87. The second-order valence-electron chi connectivity index (χ2n) is 4.42. The first-order chi connectivity index (χ1) is 8.86. The van der Waals surface area contributed by atoms with Crippen LogP contribution >= 0.6 is 22.6 Å². The summed E-state index contributed by atoms with van der Waals surface area (Å²) < 4.78 is 0.158. The Balaban J connectivity index is 2.36. The van der Waals surface area contributed by atoms with Crippen LogP contribution < -0.4 is 10.6 Å². The maximum absolute atomic E-state index is 11.3. The molecule has 19 heavy (non-hydrogen) atoms. The minimum absolute atomic E-state index is 0.158. The first kappa shape index (κ1) is 16.7. The lowest BCUT2D eigenvalue weighted by Gasteiger charge is -2.52. The van der Waals surface area contributed by atoms with Crippen LogP contribution in [-0.2, 0) is 9.59 Å². The Morgan fingerprint density at radius 2 is 1.89 bits per heavy atom. The van der Waals surface area contributed by atoms with Crippen LogP contribution in [0.4, 0.5) is 0 Å². The minimum Gasteiger partial charge on any atom is -0.396 e. The van der Waals surface area contributed by atoms with Gasteiger partial charge in [0.15, 0.2) is 0 Å². The quantitative estimate of drug-likeness (QED) is 0.207. The number of amides is 2. The van der Waals surface area contributed by atoms with Gasteiger partial charge in [-0.1, -0.05) is 22.6 Å². The summed E-state index contributed by atoms with van der Waals surface area (Å²) in [5.74, 6) is -1.84. The summed E-state index contributed by atoms with van der Waals surface area (Å²) in [5, 5.41) is 42.5. The second kappa shape index (κ2) is 6.90. The molecule has 110 valence electrons. The van der Waals surface area contributed by atoms with E-state index in [2.05, 4.69) is 10.6 Å². The summed E-state index contributed by atoms with van der Waals surface area (Å²) in [5.41, 5.74) is -1.68. The summed E-state index contributed by atoms with van der Waals surface area (Å²) in [6, 6.07) is 0. The SMILES string of the molecule is O=C(CI)NC(=O)CNCC1(O)C(O)C(O)C1CO. The van der Waals surface area contributed by atoms with Crippen molar-refractivity contribution in [2.45, 2.75) is 17.8 Å². The molecular weight excluding hydrogens is 371 g/mol. The number of aliphatic hydroxyl groups excluding tert-OH is 3. The third-order valence-electron chi connectivity index (χ3n) is 3.18. The molecule has 4 unspecified atom stereocenters. The van der Waals surface area contributed by atoms with Crippen molar-refractivity contribution in [1.82, 2.24) is 10.6 Å². The van der Waals surface area contributed by atoms with Crippen LogP contribution in [0, 0.1) is 5.92 Å². The van der Waals surface area contributed by atoms with Crippen molar-refractivity contribution in [3.05, 3.63) is 0 Å². The normalized spacial score (nSPS) is 33.6. The maximum atomic E-state index is 11.3. The van der Waals surface area contributed by atoms with Crippen molar-refractivity contribution in [2.75, 3.05) is 24.1 Å². The zero-order chi connectivity index (χ0) is 14.6. The van der Waals surface area contributed by atoms with Crippen LogP contribution in [0.3, 0.4) is 0 Å². The topological polar surface area (TPSA) is 139 Å². The van der Waals surface area contributed by atoms with Gasteiger partial charge in [0.2, 0.25) is 11.8 Å². The molecule has 0 radical (unpaired) electrons. The molecule has 0 aliphatic heterocycles. The van der Waals surface area contributed by atoms with Gasteiger partial charge >= 0.3 is 0 Å². The van der Waals surface area contributed by atoms with Crippen LogP contribution in [0.1, 0.15) is 0 Å². The fourth-order valence-electron chi connectivity index (χ4n) is 2.02. The molecule has 0 spiro atoms. The highest BCUT2D eigenvalue weighted by atomic mass is 127. The molecule has 1 aliphatic rings. The van der Waals surface area contributed by atoms with Gasteiger partial charge < -0.3 is 25.7 Å². The predicted octanol–water partition coefficient (Wildman–Crippen LogP) is -3.27. The lowest BCUT2D eigenvalue weighted by atomic mass is 9.64. The maximum Gasteiger partial charge on any atom is 0.240 e. The van der Waals surface area contributed by atoms with Crippen molar-refractivity contribution in [3.63, 3.8) is 0 Å². The molecule has 1 saturated carbocycles. The molecule has 1 fully saturated rings. The molecule has 0 aromatic carbocycles. The van der Waals surface area contributed by atoms with Crippen LogP contribution in [-0.4, -0.2) is 74.2 Å². The Labute approximate surface area is 123 Å². The lowest BCUT2D eigenvalue weighted by Crippen LogP contribution is -2.74. The lowest BCUT2D eigenvalue weighted by molar-refractivity contribution is -0.265. The van der Waals surface area contributed by atoms with Crippen molar-refractivity contribution >= 4 is 34.4 Å². The van der Waals surface area contributed by atoms with Gasteiger partial charge in [0.25, 0.3) is 0 Å². The molecule has 0 bridgehead atoms. The molecule has 0 saturated heterocycles. The highest BCUT2D eigenvalue weighted by Crippen LogP contribution is 2.38. The average molecular weight is 388 g/mol. The molecule has 1 rings (SSSR count). The summed E-state index contributed by atoms with van der Waals surface area (Å²) >= 11 is 1.81. The number of nitrogens with one attached hydrogen (secondary N) is 2. The number of aliphatic hydroxyl groups is 4. The highest BCUT2D eigenvalue weighted by Gasteiger charge is 2.60. The second-order valence-corrected chi connectivity index (χ2v) is 5.19. The Bertz CT molecular complexity index is 355. The highest BCUT2D eigenvalue weighted by molar-refractivity contribution is 14.1. The average Bonchev–Trinajstić information content (AvgIpc) is 2.38. The van der Waals surface area contributed by atoms with E-state index in [1.54, 1.807) is 0 Å². The van der Waals surface area contributed by atoms with E-state index in [1.165, 1.54) is 0 Å². The number of carbonyl (C=O) groups excluding carboxylic acids is 2. The zero-order valence-corrected chi connectivity index (χ0v) is 12.2. The van der Waals surface area contributed by atoms with Crippen LogP contribution in [0.15, 0.2) is 0 Å². The van der Waals surface area contributed by atoms with Gasteiger partial charge in [0.1, 0.15) is 11.7 Å². The molecule has 2 amide bonds. The molecule has 0 aromatic heterocycles. The van der Waals surface area contributed by atoms with E-state index < -0.39 is 42.1 Å². The summed E-state index contributed by atoms with van der Waals surface area (Å²) in [4.78, 5) is 22.2. The van der Waals surface area contributed by atoms with Crippen molar-refractivity contribution in [3.8, 4) is 0 Å². The van der Waals surface area contributed by atoms with Crippen molar-refractivity contribution in [1.29, 1.82) is 0 Å². The van der Waals surface area contributed by atoms with E-state index in [9.17, 15) is 24.9 Å². The monoisotopic (exact) mass is 388 g/mol. The molecule has 0 aromatic rings. The first-order valence-electron chi connectivity index (χ1n) is 5.65. The van der Waals surface area contributed by atoms with Gasteiger partial charge in [-0.15, -0.1) is 0 Å². The van der Waals surface area contributed by atoms with E-state index in [1.807, 2.05) is 22.6 Å². The molecule has 9 heteroatoms. The third kappa shape index (κ3) is 3.61. The Morgan fingerprint density at radius 1 is 1.26 bits per heavy atom. The van der Waals surface area contributed by atoms with Crippen molar-refractivity contribution < 1.29 is 30.0 Å². The molecule has 8 nitrogen and oxygen atoms in total. The standard InChI is InChI=1S/C10H17IN2O6/c11-1-6(15)13-7(16)2-12-4-10(19)5(3-14)8(17)9(10)18/h5,8-9,12,14,17-19H,1-4H2,(H,13,15,16). The van der Waals surface area contributed by atoms with E-state index in [0.29, 0.717) is 0 Å². The van der Waals surface area contributed by atoms with Crippen LogP contribution in [0.2, 0.25) is 0 Å². The Kier molecular flexibility index (Phi) is 6.08. The number of imide groups is 1. The summed E-state index contributed by atoms with van der Waals surface area (Å²) in [7, 11) is 0. The summed E-state index contributed by atoms with van der Waals surface area (Å²) in [6.45, 7) is -0.871. The number of halogens is 1. The molecular formula is C10H17IN2O6. The molecule has 6 N–H and O–H groups in total. The zero-order valence-electron chi connectivity index (χ0n) is 10.0. The largest absolute Gasteiger partial charge is 0.396 e. The van der Waals surface area contributed by atoms with Crippen LogP contribution in [0.25, 0.3) is 0 Å². The number of rotatable bonds is 6. The van der Waals surface area contributed by atoms with Gasteiger partial charge in [-0.05, 0) is 0 Å². The van der Waals surface area contributed by atoms with E-state index >= 15 is 0 Å². The fourth-order valence-corrected chi connectivity index (χ4v) is 2.21. The summed E-state index contributed by atoms with van der Waals surface area (Å²) in [6.07, 6.45) is -2.57. The molecule has 4 atom stereocenters. The van der Waals surface area contributed by atoms with E-state index in [-0.39, 0.29) is 17.5 Å². The van der Waals surface area contributed by atoms with Gasteiger partial charge in [-0.2, -0.15) is 0 Å².